The van der Waals surface area contributed by atoms with Crippen LogP contribution >= 0.6 is 0 Å². The Morgan fingerprint density at radius 2 is 1.78 bits per heavy atom. The maximum atomic E-state index is 11.7. The summed E-state index contributed by atoms with van der Waals surface area (Å²) in [5.41, 5.74) is -0.528. The van der Waals surface area contributed by atoms with Crippen LogP contribution in [0, 0.1) is 5.92 Å². The SMILES string of the molecule is COC(=O)[C@H]1CCCCC1NC(=O)OC(C)(C)C. The molecule has 0 heterocycles. The molecule has 0 aromatic carbocycles. The first kappa shape index (κ1) is 14.8. The summed E-state index contributed by atoms with van der Waals surface area (Å²) < 4.78 is 9.97. The monoisotopic (exact) mass is 257 g/mol. The first-order valence-electron chi connectivity index (χ1n) is 6.41. The molecule has 1 rings (SSSR count). The largest absolute Gasteiger partial charge is 0.469 e. The lowest BCUT2D eigenvalue weighted by Gasteiger charge is -2.31. The Morgan fingerprint density at radius 3 is 2.33 bits per heavy atom. The zero-order valence-electron chi connectivity index (χ0n) is 11.6. The van der Waals surface area contributed by atoms with E-state index < -0.39 is 11.7 Å². The van der Waals surface area contributed by atoms with Gasteiger partial charge < -0.3 is 14.8 Å². The third-order valence-corrected chi connectivity index (χ3v) is 2.97. The zero-order chi connectivity index (χ0) is 13.8. The van der Waals surface area contributed by atoms with Gasteiger partial charge >= 0.3 is 12.1 Å². The van der Waals surface area contributed by atoms with Crippen LogP contribution < -0.4 is 5.32 Å². The van der Waals surface area contributed by atoms with Crippen molar-refractivity contribution < 1.29 is 19.1 Å². The standard InChI is InChI=1S/C13H23NO4/c1-13(2,3)18-12(16)14-10-8-6-5-7-9(10)11(15)17-4/h9-10H,5-8H2,1-4H3,(H,14,16)/t9-,10?/m0/s1. The molecule has 1 unspecified atom stereocenters. The minimum atomic E-state index is -0.528. The van der Waals surface area contributed by atoms with E-state index in [0.717, 1.165) is 25.7 Å². The summed E-state index contributed by atoms with van der Waals surface area (Å²) in [6.07, 6.45) is 3.08. The Bertz CT molecular complexity index is 309. The quantitative estimate of drug-likeness (QED) is 0.770. The van der Waals surface area contributed by atoms with Gasteiger partial charge in [0.15, 0.2) is 0 Å². The molecule has 0 spiro atoms. The topological polar surface area (TPSA) is 64.6 Å². The molecule has 1 amide bonds. The molecule has 0 radical (unpaired) electrons. The Morgan fingerprint density at radius 1 is 1.17 bits per heavy atom. The lowest BCUT2D eigenvalue weighted by Crippen LogP contribution is -2.47. The molecule has 0 bridgehead atoms. The number of methoxy groups -OCH3 is 1. The van der Waals surface area contributed by atoms with Crippen LogP contribution in [0.3, 0.4) is 0 Å². The molecule has 1 aliphatic rings. The molecule has 1 saturated carbocycles. The van der Waals surface area contributed by atoms with Gasteiger partial charge in [-0.05, 0) is 33.6 Å². The van der Waals surface area contributed by atoms with Crippen molar-refractivity contribution in [2.75, 3.05) is 7.11 Å². The summed E-state index contributed by atoms with van der Waals surface area (Å²) in [5, 5.41) is 2.78. The van der Waals surface area contributed by atoms with Crippen molar-refractivity contribution in [2.24, 2.45) is 5.92 Å². The number of hydrogen-bond acceptors (Lipinski definition) is 4. The van der Waals surface area contributed by atoms with E-state index >= 15 is 0 Å². The number of alkyl carbamates (subject to hydrolysis) is 1. The maximum Gasteiger partial charge on any atom is 0.407 e. The number of esters is 1. The van der Waals surface area contributed by atoms with Crippen LogP contribution in [0.25, 0.3) is 0 Å². The molecule has 2 atom stereocenters. The molecule has 1 N–H and O–H groups in total. The van der Waals surface area contributed by atoms with E-state index in [4.69, 9.17) is 9.47 Å². The molecular formula is C13H23NO4. The van der Waals surface area contributed by atoms with E-state index in [1.807, 2.05) is 20.8 Å². The van der Waals surface area contributed by atoms with Crippen LogP contribution in [0.1, 0.15) is 46.5 Å². The molecule has 5 nitrogen and oxygen atoms in total. The predicted octanol–water partition coefficient (Wildman–Crippen LogP) is 2.24. The van der Waals surface area contributed by atoms with Crippen molar-refractivity contribution in [3.8, 4) is 0 Å². The minimum Gasteiger partial charge on any atom is -0.469 e. The fraction of sp³-hybridized carbons (Fsp3) is 0.846. The van der Waals surface area contributed by atoms with E-state index in [-0.39, 0.29) is 17.9 Å². The summed E-state index contributed by atoms with van der Waals surface area (Å²) in [4.78, 5) is 23.3. The predicted molar refractivity (Wildman–Crippen MR) is 67.1 cm³/mol. The molecule has 5 heteroatoms. The van der Waals surface area contributed by atoms with E-state index in [1.54, 1.807) is 0 Å². The normalized spacial score (nSPS) is 24.2. The highest BCUT2D eigenvalue weighted by molar-refractivity contribution is 5.75. The fourth-order valence-corrected chi connectivity index (χ4v) is 2.20. The Hall–Kier alpha value is -1.26. The molecule has 104 valence electrons. The molecule has 1 fully saturated rings. The summed E-state index contributed by atoms with van der Waals surface area (Å²) in [6.45, 7) is 5.43. The highest BCUT2D eigenvalue weighted by Gasteiger charge is 2.33. The zero-order valence-corrected chi connectivity index (χ0v) is 11.6. The van der Waals surface area contributed by atoms with Crippen LogP contribution in [-0.4, -0.2) is 30.8 Å². The number of carbonyl (C=O) groups is 2. The van der Waals surface area contributed by atoms with Gasteiger partial charge in [-0.1, -0.05) is 12.8 Å². The van der Waals surface area contributed by atoms with Gasteiger partial charge in [0.2, 0.25) is 0 Å². The molecule has 0 aromatic heterocycles. The third kappa shape index (κ3) is 4.55. The molecule has 1 aliphatic carbocycles. The van der Waals surface area contributed by atoms with E-state index in [2.05, 4.69) is 5.32 Å². The maximum absolute atomic E-state index is 11.7. The smallest absolute Gasteiger partial charge is 0.407 e. The van der Waals surface area contributed by atoms with Gasteiger partial charge in [-0.15, -0.1) is 0 Å². The van der Waals surface area contributed by atoms with Crippen molar-refractivity contribution in [3.63, 3.8) is 0 Å². The first-order chi connectivity index (χ1) is 8.33. The van der Waals surface area contributed by atoms with Crippen molar-refractivity contribution in [1.29, 1.82) is 0 Å². The summed E-state index contributed by atoms with van der Waals surface area (Å²) in [5.74, 6) is -0.507. The number of rotatable bonds is 2. The van der Waals surface area contributed by atoms with E-state index in [9.17, 15) is 9.59 Å². The highest BCUT2D eigenvalue weighted by Crippen LogP contribution is 2.25. The van der Waals surface area contributed by atoms with Gasteiger partial charge in [-0.25, -0.2) is 4.79 Å². The van der Waals surface area contributed by atoms with Crippen LogP contribution in [-0.2, 0) is 14.3 Å². The Balaban J connectivity index is 2.57. The van der Waals surface area contributed by atoms with Crippen molar-refractivity contribution in [2.45, 2.75) is 58.1 Å². The summed E-state index contributed by atoms with van der Waals surface area (Å²) in [6, 6.07) is -0.180. The molecule has 0 saturated heterocycles. The van der Waals surface area contributed by atoms with E-state index in [0.29, 0.717) is 0 Å². The Labute approximate surface area is 108 Å². The summed E-state index contributed by atoms with van der Waals surface area (Å²) in [7, 11) is 1.38. The van der Waals surface area contributed by atoms with Gasteiger partial charge in [0.05, 0.1) is 13.0 Å². The van der Waals surface area contributed by atoms with Crippen LogP contribution in [0.4, 0.5) is 4.79 Å². The molecule has 18 heavy (non-hydrogen) atoms. The van der Waals surface area contributed by atoms with Gasteiger partial charge in [0.1, 0.15) is 5.60 Å². The van der Waals surface area contributed by atoms with Gasteiger partial charge in [-0.3, -0.25) is 4.79 Å². The second-order valence-corrected chi connectivity index (χ2v) is 5.67. The van der Waals surface area contributed by atoms with Gasteiger partial charge in [0.25, 0.3) is 0 Å². The first-order valence-corrected chi connectivity index (χ1v) is 6.41. The molecular weight excluding hydrogens is 234 g/mol. The highest BCUT2D eigenvalue weighted by atomic mass is 16.6. The average Bonchev–Trinajstić information content (AvgIpc) is 2.26. The van der Waals surface area contributed by atoms with Gasteiger partial charge in [0, 0.05) is 6.04 Å². The van der Waals surface area contributed by atoms with Crippen LogP contribution in [0.15, 0.2) is 0 Å². The number of ether oxygens (including phenoxy) is 2. The Kier molecular flexibility index (Phi) is 4.99. The summed E-state index contributed by atoms with van der Waals surface area (Å²) >= 11 is 0. The average molecular weight is 257 g/mol. The lowest BCUT2D eigenvalue weighted by molar-refractivity contribution is -0.147. The number of hydrogen-bond donors (Lipinski definition) is 1. The van der Waals surface area contributed by atoms with Crippen LogP contribution in [0.2, 0.25) is 0 Å². The lowest BCUT2D eigenvalue weighted by atomic mass is 9.84. The molecule has 0 aromatic rings. The van der Waals surface area contributed by atoms with Crippen molar-refractivity contribution in [1.82, 2.24) is 5.32 Å². The second-order valence-electron chi connectivity index (χ2n) is 5.67. The molecule has 0 aliphatic heterocycles. The van der Waals surface area contributed by atoms with Crippen molar-refractivity contribution in [3.05, 3.63) is 0 Å². The number of carbonyl (C=O) groups excluding carboxylic acids is 2. The van der Waals surface area contributed by atoms with Crippen LogP contribution in [0.5, 0.6) is 0 Å². The van der Waals surface area contributed by atoms with Gasteiger partial charge in [-0.2, -0.15) is 0 Å². The number of amides is 1. The van der Waals surface area contributed by atoms with Crippen molar-refractivity contribution >= 4 is 12.1 Å². The second kappa shape index (κ2) is 6.07. The third-order valence-electron chi connectivity index (χ3n) is 2.97. The fourth-order valence-electron chi connectivity index (χ4n) is 2.20. The minimum absolute atomic E-state index is 0.180. The van der Waals surface area contributed by atoms with E-state index in [1.165, 1.54) is 7.11 Å². The number of nitrogens with one attached hydrogen (secondary N) is 1.